The maximum Gasteiger partial charge on any atom is 0.354 e. The van der Waals surface area contributed by atoms with E-state index >= 15 is 8.78 Å². The first kappa shape index (κ1) is 30.2. The minimum Gasteiger partial charge on any atom is -0.507 e. The molecule has 0 saturated carbocycles. The lowest BCUT2D eigenvalue weighted by molar-refractivity contribution is -0.130. The second-order valence-electron chi connectivity index (χ2n) is 11.5. The average molecular weight is 635 g/mol. The number of rotatable bonds is 4. The monoisotopic (exact) mass is 634 g/mol. The fourth-order valence-corrected chi connectivity index (χ4v) is 6.62. The number of nitrogens with one attached hydrogen (secondary N) is 1. The summed E-state index contributed by atoms with van der Waals surface area (Å²) in [7, 11) is 0. The average Bonchev–Trinajstić information content (AvgIpc) is 3.10. The first-order chi connectivity index (χ1) is 21.4. The van der Waals surface area contributed by atoms with E-state index in [-0.39, 0.29) is 40.8 Å². The van der Waals surface area contributed by atoms with Crippen molar-refractivity contribution in [3.8, 4) is 22.6 Å². The Morgan fingerprint density at radius 1 is 1.20 bits per heavy atom. The third kappa shape index (κ3) is 4.54. The molecule has 232 valence electrons. The predicted molar refractivity (Wildman–Crippen MR) is 167 cm³/mol. The van der Waals surface area contributed by atoms with Gasteiger partial charge in [0.15, 0.2) is 5.82 Å². The van der Waals surface area contributed by atoms with Crippen LogP contribution in [0.4, 0.5) is 20.3 Å². The molecule has 10 nitrogen and oxygen atoms in total. The maximum absolute atomic E-state index is 16.8. The number of halogens is 3. The van der Waals surface area contributed by atoms with Gasteiger partial charge in [-0.15, -0.1) is 0 Å². The first-order valence-electron chi connectivity index (χ1n) is 14.3. The Hall–Kier alpha value is -4.84. The molecule has 2 N–H and O–H groups in total. The first-order valence-corrected chi connectivity index (χ1v) is 14.7. The van der Waals surface area contributed by atoms with E-state index in [1.165, 1.54) is 21.6 Å². The molecular weight excluding hydrogens is 606 g/mol. The Morgan fingerprint density at radius 2 is 1.93 bits per heavy atom. The van der Waals surface area contributed by atoms with Crippen molar-refractivity contribution in [1.82, 2.24) is 19.4 Å². The summed E-state index contributed by atoms with van der Waals surface area (Å²) in [4.78, 5) is 52.6. The Labute approximate surface area is 261 Å². The quantitative estimate of drug-likeness (QED) is 0.301. The molecular formula is C32H29ClF2N6O4. The Morgan fingerprint density at radius 3 is 2.60 bits per heavy atom. The van der Waals surface area contributed by atoms with Gasteiger partial charge >= 0.3 is 5.69 Å². The van der Waals surface area contributed by atoms with Crippen LogP contribution in [0, 0.1) is 18.6 Å². The molecule has 2 aliphatic rings. The van der Waals surface area contributed by atoms with Gasteiger partial charge in [0.25, 0.3) is 0 Å². The number of carbonyl (C=O) groups excluding carboxylic acids is 2. The van der Waals surface area contributed by atoms with Crippen LogP contribution in [0.25, 0.3) is 27.7 Å². The van der Waals surface area contributed by atoms with Crippen molar-refractivity contribution < 1.29 is 23.5 Å². The molecule has 2 aromatic carbocycles. The van der Waals surface area contributed by atoms with Crippen molar-refractivity contribution in [2.75, 3.05) is 23.3 Å². The molecule has 1 saturated heterocycles. The number of carbonyl (C=O) groups is 2. The molecule has 1 fully saturated rings. The lowest BCUT2D eigenvalue weighted by Gasteiger charge is -2.44. The Kier molecular flexibility index (Phi) is 7.35. The number of hydrogen-bond acceptors (Lipinski definition) is 7. The summed E-state index contributed by atoms with van der Waals surface area (Å²) in [5, 5.41) is 13.0. The molecule has 6 rings (SSSR count). The second-order valence-corrected chi connectivity index (χ2v) is 11.9. The van der Waals surface area contributed by atoms with Crippen molar-refractivity contribution in [2.45, 2.75) is 45.7 Å². The number of aryl methyl sites for hydroxylation is 1. The van der Waals surface area contributed by atoms with Crippen LogP contribution < -0.4 is 15.9 Å². The summed E-state index contributed by atoms with van der Waals surface area (Å²) in [5.41, 5.74) is -0.857. The lowest BCUT2D eigenvalue weighted by atomic mass is 9.98. The summed E-state index contributed by atoms with van der Waals surface area (Å²) in [6, 6.07) is 3.64. The van der Waals surface area contributed by atoms with Gasteiger partial charge < -0.3 is 20.2 Å². The van der Waals surface area contributed by atoms with Crippen LogP contribution in [-0.4, -0.2) is 61.5 Å². The summed E-state index contributed by atoms with van der Waals surface area (Å²) in [6.07, 6.45) is 2.74. The van der Waals surface area contributed by atoms with Gasteiger partial charge in [-0.3, -0.25) is 19.1 Å². The molecule has 2 unspecified atom stereocenters. The number of anilines is 2. The molecule has 0 aliphatic carbocycles. The number of phenolic OH excluding ortho intramolecular Hbond substituents is 1. The molecule has 13 heteroatoms. The van der Waals surface area contributed by atoms with E-state index in [4.69, 9.17) is 11.6 Å². The van der Waals surface area contributed by atoms with E-state index in [2.05, 4.69) is 21.9 Å². The van der Waals surface area contributed by atoms with Crippen LogP contribution >= 0.6 is 11.6 Å². The number of phenols is 1. The molecule has 45 heavy (non-hydrogen) atoms. The van der Waals surface area contributed by atoms with Crippen molar-refractivity contribution >= 4 is 45.8 Å². The summed E-state index contributed by atoms with van der Waals surface area (Å²) < 4.78 is 33.4. The van der Waals surface area contributed by atoms with Crippen molar-refractivity contribution in [3.63, 3.8) is 0 Å². The van der Waals surface area contributed by atoms with Gasteiger partial charge in [0, 0.05) is 24.3 Å². The van der Waals surface area contributed by atoms with E-state index in [9.17, 15) is 19.5 Å². The van der Waals surface area contributed by atoms with Crippen LogP contribution in [0.1, 0.15) is 37.9 Å². The van der Waals surface area contributed by atoms with E-state index in [1.54, 1.807) is 31.0 Å². The lowest BCUT2D eigenvalue weighted by Crippen LogP contribution is -2.62. The molecule has 0 bridgehead atoms. The highest BCUT2D eigenvalue weighted by Gasteiger charge is 2.43. The van der Waals surface area contributed by atoms with Gasteiger partial charge in [-0.05, 0) is 49.6 Å². The van der Waals surface area contributed by atoms with Gasteiger partial charge in [-0.1, -0.05) is 38.1 Å². The van der Waals surface area contributed by atoms with Gasteiger partial charge in [-0.25, -0.2) is 13.6 Å². The molecule has 0 radical (unpaired) electrons. The van der Waals surface area contributed by atoms with E-state index in [0.717, 1.165) is 12.1 Å². The van der Waals surface area contributed by atoms with Crippen LogP contribution in [0.5, 0.6) is 5.75 Å². The smallest absolute Gasteiger partial charge is 0.354 e. The largest absolute Gasteiger partial charge is 0.507 e. The minimum absolute atomic E-state index is 0.00110. The number of fused-ring (bicyclic) bond motifs is 2. The number of aromatic hydroxyl groups is 1. The molecule has 0 spiro atoms. The fourth-order valence-electron chi connectivity index (χ4n) is 6.26. The number of hydrogen-bond donors (Lipinski definition) is 2. The third-order valence-electron chi connectivity index (χ3n) is 8.38. The van der Waals surface area contributed by atoms with Gasteiger partial charge in [0.05, 0.1) is 45.1 Å². The Balaban J connectivity index is 1.79. The normalized spacial score (nSPS) is 17.7. The summed E-state index contributed by atoms with van der Waals surface area (Å²) in [6.45, 7) is 10.8. The van der Waals surface area contributed by atoms with Crippen LogP contribution in [0.15, 0.2) is 47.9 Å². The standard InChI is InChI=1S/C32H29ClF2N6O4/c1-6-20(43)39-13-18-31(44)37-27-23-29(24(33)22(25(27)35)21-17(34)8-7-9-19(21)42)41(28-15(4)10-11-36-26(28)14(2)3)32(45)38-30(23)40(18)12-16(39)5/h6-11,14,16,18,42H,1,12-13H2,2-5H3,(H,37,44). The molecule has 4 aromatic rings. The molecule has 2 aromatic heterocycles. The zero-order valence-corrected chi connectivity index (χ0v) is 25.6. The zero-order chi connectivity index (χ0) is 32.5. The van der Waals surface area contributed by atoms with E-state index < -0.39 is 63.8 Å². The Bertz CT molecular complexity index is 1990. The van der Waals surface area contributed by atoms with Crippen molar-refractivity contribution in [3.05, 3.63) is 81.5 Å². The summed E-state index contributed by atoms with van der Waals surface area (Å²) >= 11 is 7.02. The van der Waals surface area contributed by atoms with Crippen molar-refractivity contribution in [2.24, 2.45) is 0 Å². The third-order valence-corrected chi connectivity index (χ3v) is 8.75. The number of nitrogens with zero attached hydrogens (tertiary/aromatic N) is 5. The van der Waals surface area contributed by atoms with Gasteiger partial charge in [0.1, 0.15) is 23.4 Å². The maximum atomic E-state index is 16.8. The van der Waals surface area contributed by atoms with Crippen molar-refractivity contribution in [1.29, 1.82) is 0 Å². The molecule has 4 heterocycles. The van der Waals surface area contributed by atoms with Crippen LogP contribution in [0.2, 0.25) is 5.02 Å². The van der Waals surface area contributed by atoms with E-state index in [1.807, 2.05) is 13.8 Å². The highest BCUT2D eigenvalue weighted by atomic mass is 35.5. The predicted octanol–water partition coefficient (Wildman–Crippen LogP) is 5.06. The van der Waals surface area contributed by atoms with Gasteiger partial charge in [-0.2, -0.15) is 4.98 Å². The van der Waals surface area contributed by atoms with Gasteiger partial charge in [0.2, 0.25) is 11.8 Å². The number of benzene rings is 2. The van der Waals surface area contributed by atoms with Crippen LogP contribution in [0.3, 0.4) is 0 Å². The second kappa shape index (κ2) is 11.0. The molecule has 2 aliphatic heterocycles. The highest BCUT2D eigenvalue weighted by Crippen LogP contribution is 2.49. The van der Waals surface area contributed by atoms with Crippen LogP contribution in [-0.2, 0) is 9.59 Å². The molecule has 2 atom stereocenters. The SMILES string of the molecule is C=CC(=O)N1CC2C(=O)Nc3c(F)c(-c4c(O)cccc4F)c(Cl)c4c3c(nc(=O)n4-c3c(C)ccnc3C(C)C)N2CC1C. The van der Waals surface area contributed by atoms with E-state index in [0.29, 0.717) is 16.9 Å². The molecule has 2 amide bonds. The summed E-state index contributed by atoms with van der Waals surface area (Å²) in [5.74, 6) is -4.00. The number of aromatic nitrogens is 3. The topological polar surface area (TPSA) is 121 Å². The number of pyridine rings is 1. The highest BCUT2D eigenvalue weighted by molar-refractivity contribution is 6.39. The minimum atomic E-state index is -1.13. The fraction of sp³-hybridized carbons (Fsp3) is 0.281. The zero-order valence-electron chi connectivity index (χ0n) is 24.9. The number of piperazine rings is 1. The number of amides is 2.